The van der Waals surface area contributed by atoms with E-state index in [4.69, 9.17) is 16.7 Å². The second-order valence-corrected chi connectivity index (χ2v) is 4.52. The maximum atomic E-state index is 12.9. The van der Waals surface area contributed by atoms with Crippen molar-refractivity contribution in [3.63, 3.8) is 0 Å². The van der Waals surface area contributed by atoms with Gasteiger partial charge in [-0.1, -0.05) is 11.6 Å². The van der Waals surface area contributed by atoms with Crippen LogP contribution in [0.3, 0.4) is 0 Å². The highest BCUT2D eigenvalue weighted by atomic mass is 35.5. The highest BCUT2D eigenvalue weighted by molar-refractivity contribution is 7.89. The Bertz CT molecular complexity index is 421. The van der Waals surface area contributed by atoms with E-state index in [1.165, 1.54) is 13.0 Å². The van der Waals surface area contributed by atoms with Gasteiger partial charge < -0.3 is 0 Å². The van der Waals surface area contributed by atoms with Gasteiger partial charge in [-0.25, -0.2) is 17.9 Å². The average molecular weight is 224 g/mol. The number of halogens is 2. The molecule has 0 aromatic heterocycles. The molecule has 13 heavy (non-hydrogen) atoms. The van der Waals surface area contributed by atoms with Crippen molar-refractivity contribution in [1.82, 2.24) is 0 Å². The highest BCUT2D eigenvalue weighted by Gasteiger charge is 2.12. The molecule has 0 unspecified atom stereocenters. The Hall–Kier alpha value is -0.650. The second-order valence-electron chi connectivity index (χ2n) is 2.58. The summed E-state index contributed by atoms with van der Waals surface area (Å²) in [6.45, 7) is 1.50. The molecule has 6 heteroatoms. The number of hydrogen-bond donors (Lipinski definition) is 1. The molecule has 0 aliphatic carbocycles. The molecule has 0 spiro atoms. The van der Waals surface area contributed by atoms with Gasteiger partial charge in [0, 0.05) is 0 Å². The number of benzene rings is 1. The van der Waals surface area contributed by atoms with Crippen LogP contribution < -0.4 is 5.14 Å². The molecule has 0 amide bonds. The van der Waals surface area contributed by atoms with E-state index in [9.17, 15) is 12.8 Å². The lowest BCUT2D eigenvalue weighted by atomic mass is 10.2. The number of aryl methyl sites for hydroxylation is 1. The van der Waals surface area contributed by atoms with Crippen molar-refractivity contribution < 1.29 is 12.8 Å². The first-order valence-corrected chi connectivity index (χ1v) is 5.23. The molecule has 0 radical (unpaired) electrons. The van der Waals surface area contributed by atoms with Crippen LogP contribution in [0.2, 0.25) is 5.02 Å². The van der Waals surface area contributed by atoms with Crippen molar-refractivity contribution in [1.29, 1.82) is 0 Å². The van der Waals surface area contributed by atoms with E-state index in [1.807, 2.05) is 0 Å². The topological polar surface area (TPSA) is 60.2 Å². The van der Waals surface area contributed by atoms with Crippen molar-refractivity contribution in [3.8, 4) is 0 Å². The summed E-state index contributed by atoms with van der Waals surface area (Å²) in [4.78, 5) is -0.271. The summed E-state index contributed by atoms with van der Waals surface area (Å²) in [6, 6.07) is 2.02. The Kier molecular flexibility index (Phi) is 2.61. The van der Waals surface area contributed by atoms with Gasteiger partial charge in [0.25, 0.3) is 0 Å². The van der Waals surface area contributed by atoms with Gasteiger partial charge >= 0.3 is 0 Å². The van der Waals surface area contributed by atoms with Crippen LogP contribution in [0.15, 0.2) is 17.0 Å². The summed E-state index contributed by atoms with van der Waals surface area (Å²) in [6.07, 6.45) is 0. The predicted octanol–water partition coefficient (Wildman–Crippen LogP) is 1.43. The van der Waals surface area contributed by atoms with Gasteiger partial charge in [-0.05, 0) is 24.6 Å². The molecular formula is C7H7ClFNO2S. The summed E-state index contributed by atoms with van der Waals surface area (Å²) < 4.78 is 34.6. The fourth-order valence-electron chi connectivity index (χ4n) is 0.859. The third-order valence-electron chi connectivity index (χ3n) is 1.51. The van der Waals surface area contributed by atoms with E-state index in [-0.39, 0.29) is 9.92 Å². The van der Waals surface area contributed by atoms with Gasteiger partial charge in [-0.3, -0.25) is 0 Å². The standard InChI is InChI=1S/C7H7ClFNO2S/c1-4-2-5(13(10,11)12)3-6(9)7(4)8/h2-3H,1H3,(H2,10,11,12). The minimum absolute atomic E-state index is 0.0904. The zero-order chi connectivity index (χ0) is 10.2. The Morgan fingerprint density at radius 3 is 2.38 bits per heavy atom. The molecule has 1 aromatic rings. The van der Waals surface area contributed by atoms with Crippen LogP contribution in [0, 0.1) is 12.7 Å². The molecule has 1 rings (SSSR count). The van der Waals surface area contributed by atoms with Gasteiger partial charge in [-0.15, -0.1) is 0 Å². The largest absolute Gasteiger partial charge is 0.238 e. The second kappa shape index (κ2) is 3.25. The van der Waals surface area contributed by atoms with Gasteiger partial charge in [0.2, 0.25) is 10.0 Å². The maximum Gasteiger partial charge on any atom is 0.238 e. The Labute approximate surface area is 80.4 Å². The van der Waals surface area contributed by atoms with Gasteiger partial charge in [-0.2, -0.15) is 0 Å². The first-order chi connectivity index (χ1) is 5.82. The maximum absolute atomic E-state index is 12.9. The number of nitrogens with two attached hydrogens (primary N) is 1. The number of sulfonamides is 1. The summed E-state index contributed by atoms with van der Waals surface area (Å²) in [5.41, 5.74) is 0.339. The van der Waals surface area contributed by atoms with Gasteiger partial charge in [0.1, 0.15) is 5.82 Å². The van der Waals surface area contributed by atoms with Crippen molar-refractivity contribution in [2.75, 3.05) is 0 Å². The minimum Gasteiger partial charge on any atom is -0.225 e. The lowest BCUT2D eigenvalue weighted by Gasteiger charge is -2.02. The molecule has 1 aromatic carbocycles. The Balaban J connectivity index is 3.47. The highest BCUT2D eigenvalue weighted by Crippen LogP contribution is 2.22. The lowest BCUT2D eigenvalue weighted by molar-refractivity contribution is 0.592. The minimum atomic E-state index is -3.86. The molecule has 0 bridgehead atoms. The molecule has 0 saturated heterocycles. The van der Waals surface area contributed by atoms with Crippen LogP contribution in [0.1, 0.15) is 5.56 Å². The van der Waals surface area contributed by atoms with Crippen LogP contribution in [0.5, 0.6) is 0 Å². The molecular weight excluding hydrogens is 217 g/mol. The molecule has 0 aliphatic rings. The molecule has 72 valence electrons. The molecule has 0 saturated carbocycles. The quantitative estimate of drug-likeness (QED) is 0.783. The first-order valence-electron chi connectivity index (χ1n) is 3.31. The third kappa shape index (κ3) is 2.18. The fraction of sp³-hybridized carbons (Fsp3) is 0.143. The number of primary sulfonamides is 1. The molecule has 0 aliphatic heterocycles. The normalized spacial score (nSPS) is 11.7. The van der Waals surface area contributed by atoms with E-state index in [0.29, 0.717) is 5.56 Å². The van der Waals surface area contributed by atoms with Crippen LogP contribution in [0.25, 0.3) is 0 Å². The lowest BCUT2D eigenvalue weighted by Crippen LogP contribution is -2.12. The average Bonchev–Trinajstić information content (AvgIpc) is 1.97. The van der Waals surface area contributed by atoms with Crippen molar-refractivity contribution in [2.45, 2.75) is 11.8 Å². The summed E-state index contributed by atoms with van der Waals surface area (Å²) in [5.74, 6) is -0.786. The van der Waals surface area contributed by atoms with Crippen LogP contribution in [0.4, 0.5) is 4.39 Å². The summed E-state index contributed by atoms with van der Waals surface area (Å²) >= 11 is 5.49. The van der Waals surface area contributed by atoms with E-state index in [1.54, 1.807) is 0 Å². The number of hydrogen-bond acceptors (Lipinski definition) is 2. The molecule has 0 heterocycles. The van der Waals surface area contributed by atoms with Crippen molar-refractivity contribution in [3.05, 3.63) is 28.5 Å². The van der Waals surface area contributed by atoms with Crippen LogP contribution in [-0.2, 0) is 10.0 Å². The first kappa shape index (κ1) is 10.4. The monoisotopic (exact) mass is 223 g/mol. The molecule has 0 atom stereocenters. The van der Waals surface area contributed by atoms with Crippen molar-refractivity contribution in [2.24, 2.45) is 5.14 Å². The van der Waals surface area contributed by atoms with Crippen LogP contribution >= 0.6 is 11.6 Å². The van der Waals surface area contributed by atoms with Crippen LogP contribution in [-0.4, -0.2) is 8.42 Å². The smallest absolute Gasteiger partial charge is 0.225 e. The summed E-state index contributed by atoms with van der Waals surface area (Å²) in [5, 5.41) is 4.72. The van der Waals surface area contributed by atoms with Crippen molar-refractivity contribution >= 4 is 21.6 Å². The number of rotatable bonds is 1. The third-order valence-corrected chi connectivity index (χ3v) is 2.88. The fourth-order valence-corrected chi connectivity index (χ4v) is 1.58. The Morgan fingerprint density at radius 1 is 1.46 bits per heavy atom. The van der Waals surface area contributed by atoms with E-state index in [2.05, 4.69) is 0 Å². The van der Waals surface area contributed by atoms with E-state index in [0.717, 1.165) is 6.07 Å². The molecule has 0 fully saturated rings. The zero-order valence-corrected chi connectivity index (χ0v) is 8.29. The summed E-state index contributed by atoms with van der Waals surface area (Å²) in [7, 11) is -3.86. The van der Waals surface area contributed by atoms with Gasteiger partial charge in [0.05, 0.1) is 9.92 Å². The Morgan fingerprint density at radius 2 is 2.00 bits per heavy atom. The van der Waals surface area contributed by atoms with E-state index < -0.39 is 15.8 Å². The predicted molar refractivity (Wildman–Crippen MR) is 47.5 cm³/mol. The SMILES string of the molecule is Cc1cc(S(N)(=O)=O)cc(F)c1Cl. The molecule has 2 N–H and O–H groups in total. The van der Waals surface area contributed by atoms with E-state index >= 15 is 0 Å². The zero-order valence-electron chi connectivity index (χ0n) is 6.71. The van der Waals surface area contributed by atoms with Gasteiger partial charge in [0.15, 0.2) is 0 Å². The molecule has 3 nitrogen and oxygen atoms in total.